The van der Waals surface area contributed by atoms with Gasteiger partial charge in [0.15, 0.2) is 5.76 Å². The van der Waals surface area contributed by atoms with Crippen molar-refractivity contribution in [3.63, 3.8) is 0 Å². The third kappa shape index (κ3) is 5.80. The molecular weight excluding hydrogens is 572 g/mol. The van der Waals surface area contributed by atoms with Crippen molar-refractivity contribution in [2.75, 3.05) is 42.6 Å². The van der Waals surface area contributed by atoms with Crippen molar-refractivity contribution in [3.8, 4) is 11.5 Å². The molecule has 10 nitrogen and oxygen atoms in total. The minimum Gasteiger partial charge on any atom is -0.465 e. The molecule has 0 spiro atoms. The number of Topliss-reactive ketones (excluding diaryl/α,β-unsaturated/α-hetero) is 1. The van der Waals surface area contributed by atoms with Crippen molar-refractivity contribution < 1.29 is 28.3 Å². The van der Waals surface area contributed by atoms with Crippen molar-refractivity contribution >= 4 is 51.6 Å². The van der Waals surface area contributed by atoms with Gasteiger partial charge in [-0.2, -0.15) is 0 Å². The smallest absolute Gasteiger partial charge is 0.319 e. The summed E-state index contributed by atoms with van der Waals surface area (Å²) in [6.07, 6.45) is 5.40. The molecule has 0 bridgehead atoms. The molecule has 1 N–H and O–H groups in total. The van der Waals surface area contributed by atoms with E-state index in [1.54, 1.807) is 43.1 Å². The van der Waals surface area contributed by atoms with Gasteiger partial charge in [-0.25, -0.2) is 0 Å². The summed E-state index contributed by atoms with van der Waals surface area (Å²) in [5.74, 6) is -0.209. The Morgan fingerprint density at radius 3 is 2.63 bits per heavy atom. The number of nitrogens with zero attached hydrogens (tertiary/aromatic N) is 3. The number of aryl methyl sites for hydroxylation is 1. The van der Waals surface area contributed by atoms with E-state index in [9.17, 15) is 14.4 Å². The zero-order valence-corrected chi connectivity index (χ0v) is 24.6. The number of amides is 1. The Morgan fingerprint density at radius 1 is 1.07 bits per heavy atom. The molecule has 6 rings (SSSR count). The minimum absolute atomic E-state index is 0.0859. The number of carbonyl (C=O) groups is 3. The third-order valence-corrected chi connectivity index (χ3v) is 7.91. The van der Waals surface area contributed by atoms with Crippen LogP contribution in [0.2, 0.25) is 5.02 Å². The zero-order valence-electron chi connectivity index (χ0n) is 23.9. The van der Waals surface area contributed by atoms with Crippen molar-refractivity contribution in [1.29, 1.82) is 0 Å². The summed E-state index contributed by atoms with van der Waals surface area (Å²) in [4.78, 5) is 46.7. The average molecular weight is 603 g/mol. The summed E-state index contributed by atoms with van der Waals surface area (Å²) in [6.45, 7) is 4.87. The van der Waals surface area contributed by atoms with Crippen molar-refractivity contribution in [1.82, 2.24) is 10.3 Å². The number of furan rings is 1. The van der Waals surface area contributed by atoms with E-state index in [4.69, 9.17) is 25.5 Å². The first-order valence-electron chi connectivity index (χ1n) is 14.3. The van der Waals surface area contributed by atoms with Gasteiger partial charge < -0.3 is 23.7 Å². The van der Waals surface area contributed by atoms with Gasteiger partial charge in [-0.05, 0) is 51.0 Å². The first-order chi connectivity index (χ1) is 20.9. The highest BCUT2D eigenvalue weighted by Gasteiger charge is 2.36. The van der Waals surface area contributed by atoms with Gasteiger partial charge in [-0.3, -0.25) is 24.7 Å². The van der Waals surface area contributed by atoms with Crippen molar-refractivity contribution in [3.05, 3.63) is 76.8 Å². The Bertz CT molecular complexity index is 1720. The molecular formula is C32H31ClN4O6. The number of aromatic nitrogens is 1. The number of esters is 1. The Labute approximate surface area is 253 Å². The Hall–Kier alpha value is -4.41. The third-order valence-electron chi connectivity index (χ3n) is 7.61. The molecule has 4 aromatic rings. The number of benzene rings is 2. The summed E-state index contributed by atoms with van der Waals surface area (Å²) in [5.41, 5.74) is 3.25. The maximum atomic E-state index is 13.9. The minimum atomic E-state index is -0.441. The number of nitrogens with one attached hydrogen (secondary N) is 1. The highest BCUT2D eigenvalue weighted by atomic mass is 35.5. The number of hydrogen-bond acceptors (Lipinski definition) is 9. The van der Waals surface area contributed by atoms with Crippen molar-refractivity contribution in [2.24, 2.45) is 0 Å². The largest absolute Gasteiger partial charge is 0.465 e. The van der Waals surface area contributed by atoms with Crippen LogP contribution >= 0.6 is 11.6 Å². The van der Waals surface area contributed by atoms with Gasteiger partial charge in [0, 0.05) is 48.5 Å². The number of anilines is 2. The van der Waals surface area contributed by atoms with Crippen molar-refractivity contribution in [2.45, 2.75) is 32.7 Å². The quantitative estimate of drug-likeness (QED) is 0.184. The lowest BCUT2D eigenvalue weighted by molar-refractivity contribution is -0.141. The summed E-state index contributed by atoms with van der Waals surface area (Å²) in [7, 11) is 0. The summed E-state index contributed by atoms with van der Waals surface area (Å²) in [5, 5.41) is 3.67. The van der Waals surface area contributed by atoms with E-state index in [0.29, 0.717) is 46.2 Å². The second-order valence-corrected chi connectivity index (χ2v) is 10.9. The predicted molar refractivity (Wildman–Crippen MR) is 163 cm³/mol. The molecule has 0 unspecified atom stereocenters. The molecule has 2 aromatic carbocycles. The fraction of sp³-hybridized carbons (Fsp3) is 0.312. The van der Waals surface area contributed by atoms with Crippen LogP contribution in [0.3, 0.4) is 0 Å². The molecule has 43 heavy (non-hydrogen) atoms. The predicted octanol–water partition coefficient (Wildman–Crippen LogP) is 5.55. The van der Waals surface area contributed by atoms with Crippen LogP contribution in [0.15, 0.2) is 59.3 Å². The van der Waals surface area contributed by atoms with Crippen LogP contribution in [-0.2, 0) is 9.53 Å². The van der Waals surface area contributed by atoms with E-state index in [1.807, 2.05) is 18.2 Å². The molecule has 2 aliphatic rings. The molecule has 1 aliphatic heterocycles. The standard InChI is InChI=1S/C32H31ClN4O6/c1-3-41-30(39)18-35-17-26(38)31-19(2)21-14-29(23(33)15-28(21)43-31)42-27-10-11-34-16-22(27)32(40)37-13-12-36(20-8-9-20)24-6-4-5-7-25(24)37/h4-7,10-11,14-16,20,35H,3,8-9,12-13,17-18H2,1-2H3. The maximum Gasteiger partial charge on any atom is 0.319 e. The summed E-state index contributed by atoms with van der Waals surface area (Å²) >= 11 is 6.59. The first-order valence-corrected chi connectivity index (χ1v) is 14.6. The van der Waals surface area contributed by atoms with Gasteiger partial charge in [0.05, 0.1) is 36.1 Å². The molecule has 1 saturated carbocycles. The fourth-order valence-electron chi connectivity index (χ4n) is 5.39. The number of ether oxygens (including phenoxy) is 2. The van der Waals surface area contributed by atoms with Gasteiger partial charge in [0.25, 0.3) is 5.91 Å². The van der Waals surface area contributed by atoms with E-state index in [2.05, 4.69) is 21.3 Å². The van der Waals surface area contributed by atoms with Crippen LogP contribution in [0.5, 0.6) is 11.5 Å². The molecule has 0 atom stereocenters. The number of pyridine rings is 1. The normalized spacial score (nSPS) is 14.5. The van der Waals surface area contributed by atoms with Crippen LogP contribution < -0.4 is 19.9 Å². The molecule has 1 amide bonds. The molecule has 0 radical (unpaired) electrons. The van der Waals surface area contributed by atoms with Gasteiger partial charge in [-0.1, -0.05) is 23.7 Å². The monoisotopic (exact) mass is 602 g/mol. The van der Waals surface area contributed by atoms with Crippen LogP contribution in [-0.4, -0.2) is 61.5 Å². The molecule has 1 aliphatic carbocycles. The number of rotatable bonds is 10. The molecule has 2 aromatic heterocycles. The number of fused-ring (bicyclic) bond motifs is 2. The van der Waals surface area contributed by atoms with E-state index in [1.165, 1.54) is 19.0 Å². The SMILES string of the molecule is CCOC(=O)CNCC(=O)c1oc2cc(Cl)c(Oc3ccncc3C(=O)N3CCN(C4CC4)c4ccccc43)cc2c1C. The molecule has 0 saturated heterocycles. The lowest BCUT2D eigenvalue weighted by atomic mass is 10.1. The van der Waals surface area contributed by atoms with E-state index >= 15 is 0 Å². The lowest BCUT2D eigenvalue weighted by Gasteiger charge is -2.38. The van der Waals surface area contributed by atoms with Gasteiger partial charge in [0.2, 0.25) is 5.78 Å². The number of carbonyl (C=O) groups excluding carboxylic acids is 3. The van der Waals surface area contributed by atoms with Gasteiger partial charge in [0.1, 0.15) is 22.6 Å². The average Bonchev–Trinajstić information content (AvgIpc) is 3.81. The molecule has 222 valence electrons. The number of hydrogen-bond donors (Lipinski definition) is 1. The highest BCUT2D eigenvalue weighted by molar-refractivity contribution is 6.33. The number of ketones is 1. The first kappa shape index (κ1) is 28.7. The van der Waals surface area contributed by atoms with Crippen LogP contribution in [0.25, 0.3) is 11.0 Å². The summed E-state index contributed by atoms with van der Waals surface area (Å²) < 4.78 is 16.9. The highest BCUT2D eigenvalue weighted by Crippen LogP contribution is 2.42. The zero-order chi connectivity index (χ0) is 30.1. The molecule has 1 fully saturated rings. The molecule has 11 heteroatoms. The van der Waals surface area contributed by atoms with E-state index in [0.717, 1.165) is 17.9 Å². The van der Waals surface area contributed by atoms with E-state index < -0.39 is 5.97 Å². The van der Waals surface area contributed by atoms with Gasteiger partial charge >= 0.3 is 5.97 Å². The topological polar surface area (TPSA) is 114 Å². The fourth-order valence-corrected chi connectivity index (χ4v) is 5.58. The van der Waals surface area contributed by atoms with Gasteiger partial charge in [-0.15, -0.1) is 0 Å². The second kappa shape index (κ2) is 12.1. The number of para-hydroxylation sites is 2. The van der Waals surface area contributed by atoms with E-state index in [-0.39, 0.29) is 42.2 Å². The lowest BCUT2D eigenvalue weighted by Crippen LogP contribution is -2.45. The Balaban J connectivity index is 1.24. The Morgan fingerprint density at radius 2 is 1.86 bits per heavy atom. The van der Waals surface area contributed by atoms with Crippen LogP contribution in [0.1, 0.15) is 46.2 Å². The Kier molecular flexibility index (Phi) is 8.05. The van der Waals surface area contributed by atoms with Crippen LogP contribution in [0.4, 0.5) is 11.4 Å². The maximum absolute atomic E-state index is 13.9. The van der Waals surface area contributed by atoms with Crippen LogP contribution in [0, 0.1) is 6.92 Å². The second-order valence-electron chi connectivity index (χ2n) is 10.5. The number of halogens is 1. The summed E-state index contributed by atoms with van der Waals surface area (Å²) in [6, 6.07) is 13.4. The molecule has 3 heterocycles.